The van der Waals surface area contributed by atoms with Crippen LogP contribution >= 0.6 is 11.6 Å². The van der Waals surface area contributed by atoms with Crippen LogP contribution in [0.4, 0.5) is 0 Å². The third kappa shape index (κ3) is 3.30. The Balaban J connectivity index is 2.07. The van der Waals surface area contributed by atoms with Crippen LogP contribution < -0.4 is 0 Å². The molecule has 0 atom stereocenters. The van der Waals surface area contributed by atoms with E-state index in [0.717, 1.165) is 43.3 Å². The number of rotatable bonds is 4. The summed E-state index contributed by atoms with van der Waals surface area (Å²) in [5.74, 6) is 0.869. The predicted molar refractivity (Wildman–Crippen MR) is 77.4 cm³/mol. The van der Waals surface area contributed by atoms with E-state index in [2.05, 4.69) is 23.8 Å². The molecule has 0 aromatic carbocycles. The Kier molecular flexibility index (Phi) is 4.87. The molecule has 0 radical (unpaired) electrons. The summed E-state index contributed by atoms with van der Waals surface area (Å²) in [7, 11) is 1.90. The lowest BCUT2D eigenvalue weighted by Crippen LogP contribution is -2.34. The zero-order valence-corrected chi connectivity index (χ0v) is 12.8. The fourth-order valence-corrected chi connectivity index (χ4v) is 2.92. The summed E-state index contributed by atoms with van der Waals surface area (Å²) in [4.78, 5) is 2.42. The van der Waals surface area contributed by atoms with E-state index >= 15 is 0 Å². The van der Waals surface area contributed by atoms with Crippen LogP contribution in [0.15, 0.2) is 0 Å². The summed E-state index contributed by atoms with van der Waals surface area (Å²) < 4.78 is 1.77. The van der Waals surface area contributed by atoms with E-state index in [9.17, 15) is 5.11 Å². The second-order valence-electron chi connectivity index (χ2n) is 5.84. The summed E-state index contributed by atoms with van der Waals surface area (Å²) in [5.41, 5.74) is 2.28. The van der Waals surface area contributed by atoms with Crippen LogP contribution in [0, 0.1) is 5.92 Å². The highest BCUT2D eigenvalue weighted by Crippen LogP contribution is 2.28. The second-order valence-corrected chi connectivity index (χ2v) is 6.19. The molecule has 5 heteroatoms. The molecule has 0 aliphatic carbocycles. The van der Waals surface area contributed by atoms with Gasteiger partial charge in [0, 0.05) is 25.8 Å². The number of hydrogen-bond acceptors (Lipinski definition) is 3. The Morgan fingerprint density at radius 3 is 2.53 bits per heavy atom. The molecule has 1 aliphatic heterocycles. The summed E-state index contributed by atoms with van der Waals surface area (Å²) in [6, 6.07) is 0. The highest BCUT2D eigenvalue weighted by Gasteiger charge is 2.23. The lowest BCUT2D eigenvalue weighted by Gasteiger charge is -2.31. The largest absolute Gasteiger partial charge is 0.396 e. The number of halogens is 1. The molecule has 2 heterocycles. The zero-order chi connectivity index (χ0) is 14.0. The standard InChI is InChI=1S/C14H24ClN3O/c1-10(2)13-12(14(15)17(3)16-13)8-18-6-4-11(9-19)5-7-18/h10-11,19H,4-9H2,1-3H3. The van der Waals surface area contributed by atoms with Gasteiger partial charge in [-0.15, -0.1) is 0 Å². The third-order valence-corrected chi connectivity index (χ3v) is 4.47. The Morgan fingerprint density at radius 1 is 1.37 bits per heavy atom. The average molecular weight is 286 g/mol. The number of aliphatic hydroxyl groups excluding tert-OH is 1. The topological polar surface area (TPSA) is 41.3 Å². The molecule has 1 aromatic rings. The average Bonchev–Trinajstić information content (AvgIpc) is 2.68. The zero-order valence-electron chi connectivity index (χ0n) is 12.1. The number of aliphatic hydroxyl groups is 1. The van der Waals surface area contributed by atoms with Gasteiger partial charge in [0.15, 0.2) is 0 Å². The minimum absolute atomic E-state index is 0.318. The first-order chi connectivity index (χ1) is 9.02. The smallest absolute Gasteiger partial charge is 0.131 e. The molecule has 0 amide bonds. The quantitative estimate of drug-likeness (QED) is 0.924. The number of likely N-dealkylation sites (tertiary alicyclic amines) is 1. The molecule has 1 aromatic heterocycles. The molecule has 0 bridgehead atoms. The number of aromatic nitrogens is 2. The molecule has 1 aliphatic rings. The van der Waals surface area contributed by atoms with E-state index in [4.69, 9.17) is 11.6 Å². The van der Waals surface area contributed by atoms with Gasteiger partial charge in [-0.1, -0.05) is 25.4 Å². The van der Waals surface area contributed by atoms with E-state index in [1.165, 1.54) is 5.56 Å². The van der Waals surface area contributed by atoms with E-state index in [0.29, 0.717) is 18.4 Å². The first-order valence-electron chi connectivity index (χ1n) is 7.07. The van der Waals surface area contributed by atoms with Crippen LogP contribution in [0.5, 0.6) is 0 Å². The van der Waals surface area contributed by atoms with Crippen molar-refractivity contribution in [1.82, 2.24) is 14.7 Å². The van der Waals surface area contributed by atoms with E-state index in [-0.39, 0.29) is 0 Å². The van der Waals surface area contributed by atoms with E-state index < -0.39 is 0 Å². The van der Waals surface area contributed by atoms with Crippen molar-refractivity contribution >= 4 is 11.6 Å². The fourth-order valence-electron chi connectivity index (χ4n) is 2.73. The van der Waals surface area contributed by atoms with Crippen molar-refractivity contribution in [2.24, 2.45) is 13.0 Å². The van der Waals surface area contributed by atoms with Gasteiger partial charge >= 0.3 is 0 Å². The van der Waals surface area contributed by atoms with Gasteiger partial charge in [-0.05, 0) is 37.8 Å². The monoisotopic (exact) mass is 285 g/mol. The van der Waals surface area contributed by atoms with Gasteiger partial charge in [-0.3, -0.25) is 9.58 Å². The van der Waals surface area contributed by atoms with Crippen molar-refractivity contribution < 1.29 is 5.11 Å². The van der Waals surface area contributed by atoms with Crippen LogP contribution in [0.2, 0.25) is 5.15 Å². The number of hydrogen-bond donors (Lipinski definition) is 1. The maximum atomic E-state index is 9.18. The first kappa shape index (κ1) is 14.8. The van der Waals surface area contributed by atoms with Gasteiger partial charge in [0.25, 0.3) is 0 Å². The Hall–Kier alpha value is -0.580. The highest BCUT2D eigenvalue weighted by molar-refractivity contribution is 6.30. The number of aryl methyl sites for hydroxylation is 1. The summed E-state index contributed by atoms with van der Waals surface area (Å²) in [6.07, 6.45) is 2.15. The van der Waals surface area contributed by atoms with E-state index in [1.807, 2.05) is 7.05 Å². The molecule has 2 rings (SSSR count). The third-order valence-electron chi connectivity index (χ3n) is 3.99. The van der Waals surface area contributed by atoms with Crippen molar-refractivity contribution in [3.05, 3.63) is 16.4 Å². The lowest BCUT2D eigenvalue weighted by molar-refractivity contribution is 0.127. The molecule has 4 nitrogen and oxygen atoms in total. The van der Waals surface area contributed by atoms with Crippen molar-refractivity contribution in [2.75, 3.05) is 19.7 Å². The Bertz CT molecular complexity index is 423. The van der Waals surface area contributed by atoms with Crippen LogP contribution in [0.3, 0.4) is 0 Å². The Morgan fingerprint density at radius 2 is 2.00 bits per heavy atom. The van der Waals surface area contributed by atoms with Crippen molar-refractivity contribution in [1.29, 1.82) is 0 Å². The van der Waals surface area contributed by atoms with Gasteiger partial charge < -0.3 is 5.11 Å². The normalized spacial score (nSPS) is 18.4. The van der Waals surface area contributed by atoms with Gasteiger partial charge in [0.2, 0.25) is 0 Å². The van der Waals surface area contributed by atoms with Crippen LogP contribution in [-0.4, -0.2) is 39.5 Å². The molecule has 1 fully saturated rings. The number of nitrogens with zero attached hydrogens (tertiary/aromatic N) is 3. The van der Waals surface area contributed by atoms with Crippen LogP contribution in [0.25, 0.3) is 0 Å². The van der Waals surface area contributed by atoms with Crippen molar-refractivity contribution in [3.8, 4) is 0 Å². The molecular weight excluding hydrogens is 262 g/mol. The van der Waals surface area contributed by atoms with Gasteiger partial charge in [0.05, 0.1) is 5.69 Å². The number of piperidine rings is 1. The maximum absolute atomic E-state index is 9.18. The molecule has 0 saturated carbocycles. The lowest BCUT2D eigenvalue weighted by atomic mass is 9.97. The van der Waals surface area contributed by atoms with Gasteiger partial charge in [-0.25, -0.2) is 0 Å². The first-order valence-corrected chi connectivity index (χ1v) is 7.45. The molecule has 1 saturated heterocycles. The highest BCUT2D eigenvalue weighted by atomic mass is 35.5. The van der Waals surface area contributed by atoms with Crippen molar-refractivity contribution in [2.45, 2.75) is 39.2 Å². The molecule has 0 spiro atoms. The predicted octanol–water partition coefficient (Wildman–Crippen LogP) is 2.40. The summed E-state index contributed by atoms with van der Waals surface area (Å²) >= 11 is 6.37. The summed E-state index contributed by atoms with van der Waals surface area (Å²) in [6.45, 7) is 7.57. The Labute approximate surface area is 120 Å². The molecule has 0 unspecified atom stereocenters. The summed E-state index contributed by atoms with van der Waals surface area (Å²) in [5, 5.41) is 14.5. The molecular formula is C14H24ClN3O. The van der Waals surface area contributed by atoms with Gasteiger partial charge in [0.1, 0.15) is 5.15 Å². The van der Waals surface area contributed by atoms with E-state index in [1.54, 1.807) is 4.68 Å². The molecule has 1 N–H and O–H groups in total. The van der Waals surface area contributed by atoms with Crippen molar-refractivity contribution in [3.63, 3.8) is 0 Å². The minimum atomic E-state index is 0.318. The van der Waals surface area contributed by atoms with Crippen LogP contribution in [-0.2, 0) is 13.6 Å². The SMILES string of the molecule is CC(C)c1nn(C)c(Cl)c1CN1CCC(CO)CC1. The molecule has 19 heavy (non-hydrogen) atoms. The maximum Gasteiger partial charge on any atom is 0.131 e. The van der Waals surface area contributed by atoms with Crippen LogP contribution in [0.1, 0.15) is 43.9 Å². The molecule has 108 valence electrons. The fraction of sp³-hybridized carbons (Fsp3) is 0.786. The minimum Gasteiger partial charge on any atom is -0.396 e. The van der Waals surface area contributed by atoms with Gasteiger partial charge in [-0.2, -0.15) is 5.10 Å². The second kappa shape index (κ2) is 6.25.